The van der Waals surface area contributed by atoms with Gasteiger partial charge in [0.25, 0.3) is 5.91 Å². The first-order chi connectivity index (χ1) is 15.4. The number of fused-ring (bicyclic) bond motifs is 1. The minimum atomic E-state index is -1.31. The molecule has 2 aromatic rings. The largest absolute Gasteiger partial charge is 0.497 e. The van der Waals surface area contributed by atoms with Gasteiger partial charge in [0.1, 0.15) is 17.8 Å². The molecular weight excluding hydrogens is 414 g/mol. The Morgan fingerprint density at radius 2 is 1.84 bits per heavy atom. The minimum absolute atomic E-state index is 0.270. The summed E-state index contributed by atoms with van der Waals surface area (Å²) < 4.78 is 16.4. The summed E-state index contributed by atoms with van der Waals surface area (Å²) in [5.41, 5.74) is 0.118. The van der Waals surface area contributed by atoms with Crippen LogP contribution < -0.4 is 24.8 Å². The van der Waals surface area contributed by atoms with E-state index in [1.54, 1.807) is 44.4 Å². The Morgan fingerprint density at radius 3 is 2.56 bits per heavy atom. The lowest BCUT2D eigenvalue weighted by Crippen LogP contribution is -2.43. The van der Waals surface area contributed by atoms with Gasteiger partial charge in [-0.25, -0.2) is 4.79 Å². The van der Waals surface area contributed by atoms with Crippen LogP contribution in [-0.2, 0) is 21.7 Å². The number of carbonyl (C=O) groups is 3. The average molecular weight is 439 g/mol. The van der Waals surface area contributed by atoms with Gasteiger partial charge in [-0.2, -0.15) is 0 Å². The van der Waals surface area contributed by atoms with Crippen LogP contribution in [0.3, 0.4) is 0 Å². The van der Waals surface area contributed by atoms with Gasteiger partial charge in [0, 0.05) is 13.0 Å². The van der Waals surface area contributed by atoms with Gasteiger partial charge in [0.15, 0.2) is 11.5 Å². The summed E-state index contributed by atoms with van der Waals surface area (Å²) in [7, 11) is 1.58. The number of nitrogens with one attached hydrogen (secondary N) is 2. The van der Waals surface area contributed by atoms with E-state index in [4.69, 9.17) is 14.2 Å². The summed E-state index contributed by atoms with van der Waals surface area (Å²) in [4.78, 5) is 39.0. The molecule has 0 aliphatic carbocycles. The average Bonchev–Trinajstić information content (AvgIpc) is 2.96. The lowest BCUT2D eigenvalue weighted by Gasteiger charge is -2.23. The van der Waals surface area contributed by atoms with Gasteiger partial charge >= 0.3 is 6.03 Å². The Labute approximate surface area is 185 Å². The van der Waals surface area contributed by atoms with E-state index < -0.39 is 23.4 Å². The van der Waals surface area contributed by atoms with Gasteiger partial charge in [-0.15, -0.1) is 0 Å². The van der Waals surface area contributed by atoms with Crippen molar-refractivity contribution >= 4 is 17.8 Å². The first-order valence-electron chi connectivity index (χ1n) is 10.3. The Kier molecular flexibility index (Phi) is 5.89. The lowest BCUT2D eigenvalue weighted by molar-refractivity contribution is -0.134. The molecule has 9 nitrogen and oxygen atoms in total. The molecule has 2 N–H and O–H groups in total. The first-order valence-corrected chi connectivity index (χ1v) is 10.3. The van der Waals surface area contributed by atoms with Crippen molar-refractivity contribution in [3.63, 3.8) is 0 Å². The first kappa shape index (κ1) is 21.5. The van der Waals surface area contributed by atoms with Crippen molar-refractivity contribution in [2.75, 3.05) is 26.9 Å². The fourth-order valence-corrected chi connectivity index (χ4v) is 3.65. The predicted molar refractivity (Wildman–Crippen MR) is 114 cm³/mol. The summed E-state index contributed by atoms with van der Waals surface area (Å²) >= 11 is 0. The van der Waals surface area contributed by atoms with Crippen LogP contribution in [0.15, 0.2) is 42.5 Å². The van der Waals surface area contributed by atoms with Crippen molar-refractivity contribution in [2.45, 2.75) is 25.4 Å². The van der Waals surface area contributed by atoms with Crippen LogP contribution in [0.2, 0.25) is 0 Å². The minimum Gasteiger partial charge on any atom is -0.497 e. The van der Waals surface area contributed by atoms with E-state index >= 15 is 0 Å². The van der Waals surface area contributed by atoms with E-state index in [1.807, 2.05) is 12.1 Å². The van der Waals surface area contributed by atoms with E-state index in [-0.39, 0.29) is 13.1 Å². The molecule has 1 fully saturated rings. The van der Waals surface area contributed by atoms with E-state index in [0.717, 1.165) is 16.9 Å². The topological polar surface area (TPSA) is 106 Å². The molecule has 2 aliphatic rings. The Bertz CT molecular complexity index is 1040. The summed E-state index contributed by atoms with van der Waals surface area (Å²) in [6.45, 7) is 2.57. The highest BCUT2D eigenvalue weighted by Gasteiger charge is 2.49. The number of hydrogen-bond donors (Lipinski definition) is 2. The molecule has 1 unspecified atom stereocenters. The fourth-order valence-electron chi connectivity index (χ4n) is 3.65. The number of benzene rings is 2. The highest BCUT2D eigenvalue weighted by molar-refractivity contribution is 6.09. The fraction of sp³-hybridized carbons (Fsp3) is 0.348. The molecule has 9 heteroatoms. The van der Waals surface area contributed by atoms with Crippen molar-refractivity contribution in [1.29, 1.82) is 0 Å². The molecule has 0 radical (unpaired) electrons. The zero-order valence-electron chi connectivity index (χ0n) is 18.0. The zero-order chi connectivity index (χ0) is 22.7. The number of methoxy groups -OCH3 is 1. The van der Waals surface area contributed by atoms with Crippen molar-refractivity contribution in [1.82, 2.24) is 15.5 Å². The van der Waals surface area contributed by atoms with Gasteiger partial charge in [-0.05, 0) is 42.3 Å². The molecule has 32 heavy (non-hydrogen) atoms. The van der Waals surface area contributed by atoms with Crippen LogP contribution in [0.1, 0.15) is 24.5 Å². The maximum absolute atomic E-state index is 13.1. The van der Waals surface area contributed by atoms with E-state index in [0.29, 0.717) is 36.0 Å². The third kappa shape index (κ3) is 4.18. The van der Waals surface area contributed by atoms with Gasteiger partial charge in [-0.3, -0.25) is 14.5 Å². The van der Waals surface area contributed by atoms with Crippen LogP contribution >= 0.6 is 0 Å². The molecular formula is C23H25N3O6. The zero-order valence-corrected chi connectivity index (χ0v) is 18.0. The SMILES string of the molecule is COc1ccc(CNC(=O)CN2C(=O)NC(C)(c3ccc4c(c3)OCCCO4)C2=O)cc1. The van der Waals surface area contributed by atoms with Crippen molar-refractivity contribution in [3.8, 4) is 17.2 Å². The molecule has 0 aromatic heterocycles. The predicted octanol–water partition coefficient (Wildman–Crippen LogP) is 1.94. The lowest BCUT2D eigenvalue weighted by atomic mass is 9.91. The van der Waals surface area contributed by atoms with E-state index in [1.165, 1.54) is 0 Å². The Morgan fingerprint density at radius 1 is 1.12 bits per heavy atom. The van der Waals surface area contributed by atoms with E-state index in [2.05, 4.69) is 10.6 Å². The number of urea groups is 1. The second kappa shape index (κ2) is 8.78. The Balaban J connectivity index is 1.42. The van der Waals surface area contributed by atoms with Gasteiger partial charge < -0.3 is 24.8 Å². The van der Waals surface area contributed by atoms with Gasteiger partial charge in [-0.1, -0.05) is 18.2 Å². The van der Waals surface area contributed by atoms with Crippen molar-refractivity contribution in [2.24, 2.45) is 0 Å². The number of amides is 4. The van der Waals surface area contributed by atoms with Gasteiger partial charge in [0.05, 0.1) is 20.3 Å². The van der Waals surface area contributed by atoms with Gasteiger partial charge in [0.2, 0.25) is 5.91 Å². The third-order valence-electron chi connectivity index (χ3n) is 5.55. The number of ether oxygens (including phenoxy) is 3. The van der Waals surface area contributed by atoms with Crippen molar-refractivity contribution < 1.29 is 28.6 Å². The summed E-state index contributed by atoms with van der Waals surface area (Å²) in [6, 6.07) is 11.8. The number of imide groups is 1. The second-order valence-electron chi connectivity index (χ2n) is 7.78. The molecule has 2 aromatic carbocycles. The maximum Gasteiger partial charge on any atom is 0.325 e. The molecule has 2 aliphatic heterocycles. The maximum atomic E-state index is 13.1. The summed E-state index contributed by atoms with van der Waals surface area (Å²) in [5.74, 6) is 0.901. The smallest absolute Gasteiger partial charge is 0.325 e. The van der Waals surface area contributed by atoms with Crippen LogP contribution in [0, 0.1) is 0 Å². The molecule has 1 saturated heterocycles. The summed E-state index contributed by atoms with van der Waals surface area (Å²) in [5, 5.41) is 5.44. The molecule has 2 heterocycles. The van der Waals surface area contributed by atoms with Crippen LogP contribution in [0.5, 0.6) is 17.2 Å². The highest BCUT2D eigenvalue weighted by atomic mass is 16.5. The number of hydrogen-bond acceptors (Lipinski definition) is 6. The second-order valence-corrected chi connectivity index (χ2v) is 7.78. The Hall–Kier alpha value is -3.75. The van der Waals surface area contributed by atoms with E-state index in [9.17, 15) is 14.4 Å². The highest BCUT2D eigenvalue weighted by Crippen LogP contribution is 2.36. The quantitative estimate of drug-likeness (QED) is 0.667. The molecule has 4 rings (SSSR count). The summed E-state index contributed by atoms with van der Waals surface area (Å²) in [6.07, 6.45) is 0.760. The van der Waals surface area contributed by atoms with Crippen LogP contribution in [0.4, 0.5) is 4.79 Å². The third-order valence-corrected chi connectivity index (χ3v) is 5.55. The number of nitrogens with zero attached hydrogens (tertiary/aromatic N) is 1. The molecule has 4 amide bonds. The molecule has 168 valence electrons. The van der Waals surface area contributed by atoms with Crippen LogP contribution in [-0.4, -0.2) is 49.6 Å². The number of carbonyl (C=O) groups excluding carboxylic acids is 3. The molecule has 1 atom stereocenters. The molecule has 0 spiro atoms. The molecule has 0 saturated carbocycles. The van der Waals surface area contributed by atoms with Crippen molar-refractivity contribution in [3.05, 3.63) is 53.6 Å². The normalized spacial score (nSPS) is 19.9. The monoisotopic (exact) mass is 439 g/mol. The van der Waals surface area contributed by atoms with Crippen LogP contribution in [0.25, 0.3) is 0 Å². The standard InChI is InChI=1S/C23H25N3O6/c1-23(16-6-9-18-19(12-16)32-11-3-10-31-18)21(28)26(22(29)25-23)14-20(27)24-13-15-4-7-17(30-2)8-5-15/h4-9,12H,3,10-11,13-14H2,1-2H3,(H,24,27)(H,25,29). The molecule has 0 bridgehead atoms. The number of rotatable bonds is 6.